The third-order valence-corrected chi connectivity index (χ3v) is 6.37. The zero-order valence-electron chi connectivity index (χ0n) is 19.3. The fourth-order valence-corrected chi connectivity index (χ4v) is 4.66. The molecule has 0 saturated carbocycles. The van der Waals surface area contributed by atoms with Crippen LogP contribution in [0.3, 0.4) is 0 Å². The van der Waals surface area contributed by atoms with E-state index in [1.165, 1.54) is 18.3 Å². The van der Waals surface area contributed by atoms with Crippen molar-refractivity contribution < 1.29 is 14.0 Å². The molecule has 4 aromatic rings. The van der Waals surface area contributed by atoms with E-state index in [4.69, 9.17) is 0 Å². The number of piperidine rings is 1. The molecule has 5 rings (SSSR count). The van der Waals surface area contributed by atoms with Crippen molar-refractivity contribution in [3.05, 3.63) is 95.0 Å². The average Bonchev–Trinajstić information content (AvgIpc) is 3.32. The third kappa shape index (κ3) is 4.62. The number of hydrogen-bond donors (Lipinski definition) is 1. The first kappa shape index (κ1) is 22.6. The molecule has 1 aromatic carbocycles. The Morgan fingerprint density at radius 1 is 1.14 bits per heavy atom. The summed E-state index contributed by atoms with van der Waals surface area (Å²) in [6.07, 6.45) is 7.03. The summed E-state index contributed by atoms with van der Waals surface area (Å²) in [6, 6.07) is 11.8. The predicted molar refractivity (Wildman–Crippen MR) is 128 cm³/mol. The fraction of sp³-hybridized carbons (Fsp3) is 0.269. The Morgan fingerprint density at radius 3 is 2.83 bits per heavy atom. The largest absolute Gasteiger partial charge is 0.355 e. The molecular formula is C26H25FN6O2. The summed E-state index contributed by atoms with van der Waals surface area (Å²) in [5, 5.41) is 7.02. The van der Waals surface area contributed by atoms with Crippen molar-refractivity contribution in [2.24, 2.45) is 0 Å². The Hall–Kier alpha value is -4.14. The van der Waals surface area contributed by atoms with Gasteiger partial charge in [-0.05, 0) is 48.7 Å². The van der Waals surface area contributed by atoms with E-state index in [-0.39, 0.29) is 23.5 Å². The summed E-state index contributed by atoms with van der Waals surface area (Å²) in [7, 11) is 1.57. The van der Waals surface area contributed by atoms with E-state index in [9.17, 15) is 14.0 Å². The second-order valence-electron chi connectivity index (χ2n) is 8.68. The highest BCUT2D eigenvalue weighted by molar-refractivity contribution is 5.99. The number of aromatic nitrogens is 4. The monoisotopic (exact) mass is 472 g/mol. The van der Waals surface area contributed by atoms with Crippen LogP contribution in [0.2, 0.25) is 0 Å². The van der Waals surface area contributed by atoms with E-state index < -0.39 is 0 Å². The summed E-state index contributed by atoms with van der Waals surface area (Å²) >= 11 is 0. The van der Waals surface area contributed by atoms with Gasteiger partial charge >= 0.3 is 0 Å². The number of benzene rings is 1. The zero-order valence-corrected chi connectivity index (χ0v) is 19.3. The lowest BCUT2D eigenvalue weighted by molar-refractivity contribution is 0.0704. The zero-order chi connectivity index (χ0) is 24.4. The van der Waals surface area contributed by atoms with Crippen LogP contribution in [0.4, 0.5) is 4.39 Å². The molecule has 2 amide bonds. The smallest absolute Gasteiger partial charge is 0.256 e. The van der Waals surface area contributed by atoms with Gasteiger partial charge in [0.05, 0.1) is 11.9 Å². The maximum atomic E-state index is 13.5. The van der Waals surface area contributed by atoms with Crippen LogP contribution in [-0.4, -0.2) is 56.4 Å². The van der Waals surface area contributed by atoms with E-state index in [0.29, 0.717) is 42.0 Å². The molecule has 1 saturated heterocycles. The third-order valence-electron chi connectivity index (χ3n) is 6.37. The normalized spacial score (nSPS) is 15.8. The van der Waals surface area contributed by atoms with Crippen molar-refractivity contribution in [3.63, 3.8) is 0 Å². The summed E-state index contributed by atoms with van der Waals surface area (Å²) in [5.41, 5.74) is 3.92. The number of hydrogen-bond acceptors (Lipinski definition) is 5. The van der Waals surface area contributed by atoms with Gasteiger partial charge < -0.3 is 10.2 Å². The molecule has 4 heterocycles. The number of carbonyl (C=O) groups excluding carboxylic acids is 2. The van der Waals surface area contributed by atoms with Gasteiger partial charge in [0, 0.05) is 56.1 Å². The topological polar surface area (TPSA) is 92.5 Å². The van der Waals surface area contributed by atoms with Crippen LogP contribution in [0, 0.1) is 5.82 Å². The van der Waals surface area contributed by atoms with Crippen molar-refractivity contribution >= 4 is 17.5 Å². The molecule has 1 atom stereocenters. The van der Waals surface area contributed by atoms with Gasteiger partial charge in [0.2, 0.25) is 0 Å². The van der Waals surface area contributed by atoms with Crippen LogP contribution in [0.1, 0.15) is 56.4 Å². The van der Waals surface area contributed by atoms with Crippen LogP contribution in [-0.2, 0) is 6.42 Å². The number of likely N-dealkylation sites (tertiary alicyclic amines) is 1. The lowest BCUT2D eigenvalue weighted by Crippen LogP contribution is -2.39. The molecule has 1 aliphatic rings. The molecule has 178 valence electrons. The number of nitrogens with one attached hydrogen (secondary N) is 1. The van der Waals surface area contributed by atoms with Gasteiger partial charge in [0.1, 0.15) is 11.4 Å². The molecule has 1 aliphatic heterocycles. The van der Waals surface area contributed by atoms with Crippen LogP contribution < -0.4 is 5.32 Å². The van der Waals surface area contributed by atoms with E-state index >= 15 is 0 Å². The lowest BCUT2D eigenvalue weighted by Gasteiger charge is -2.33. The predicted octanol–water partition coefficient (Wildman–Crippen LogP) is 3.23. The van der Waals surface area contributed by atoms with Gasteiger partial charge in [-0.25, -0.2) is 13.9 Å². The van der Waals surface area contributed by atoms with Crippen LogP contribution in [0.25, 0.3) is 5.65 Å². The fourth-order valence-electron chi connectivity index (χ4n) is 4.66. The van der Waals surface area contributed by atoms with E-state index in [1.54, 1.807) is 42.2 Å². The first-order valence-corrected chi connectivity index (χ1v) is 11.6. The Bertz CT molecular complexity index is 1400. The van der Waals surface area contributed by atoms with E-state index in [2.05, 4.69) is 20.4 Å². The average molecular weight is 473 g/mol. The molecule has 0 aliphatic carbocycles. The van der Waals surface area contributed by atoms with Crippen molar-refractivity contribution in [1.82, 2.24) is 29.8 Å². The quantitative estimate of drug-likeness (QED) is 0.482. The molecule has 0 unspecified atom stereocenters. The number of carbonyl (C=O) groups is 2. The molecule has 0 spiro atoms. The molecular weight excluding hydrogens is 447 g/mol. The minimum atomic E-state index is -0.293. The molecule has 3 aromatic heterocycles. The van der Waals surface area contributed by atoms with Gasteiger partial charge in [-0.1, -0.05) is 12.1 Å². The van der Waals surface area contributed by atoms with Crippen molar-refractivity contribution in [2.75, 3.05) is 20.1 Å². The Balaban J connectivity index is 1.36. The summed E-state index contributed by atoms with van der Waals surface area (Å²) in [4.78, 5) is 36.1. The minimum absolute atomic E-state index is 0.0595. The van der Waals surface area contributed by atoms with Gasteiger partial charge in [0.25, 0.3) is 11.8 Å². The molecule has 0 radical (unpaired) electrons. The Kier molecular flexibility index (Phi) is 6.22. The molecule has 9 heteroatoms. The summed E-state index contributed by atoms with van der Waals surface area (Å²) < 4.78 is 15.2. The van der Waals surface area contributed by atoms with Gasteiger partial charge in [-0.15, -0.1) is 0 Å². The molecule has 1 N–H and O–H groups in total. The highest BCUT2D eigenvalue weighted by Gasteiger charge is 2.28. The highest BCUT2D eigenvalue weighted by atomic mass is 19.1. The highest BCUT2D eigenvalue weighted by Crippen LogP contribution is 2.28. The van der Waals surface area contributed by atoms with Gasteiger partial charge in [-0.2, -0.15) is 5.10 Å². The van der Waals surface area contributed by atoms with Gasteiger partial charge in [-0.3, -0.25) is 14.6 Å². The second kappa shape index (κ2) is 9.61. The van der Waals surface area contributed by atoms with E-state index in [1.807, 2.05) is 17.0 Å². The lowest BCUT2D eigenvalue weighted by atomic mass is 9.94. The van der Waals surface area contributed by atoms with E-state index in [0.717, 1.165) is 24.1 Å². The number of nitrogens with zero attached hydrogens (tertiary/aromatic N) is 5. The number of pyridine rings is 1. The summed E-state index contributed by atoms with van der Waals surface area (Å²) in [6.45, 7) is 1.20. The first-order chi connectivity index (χ1) is 17.0. The van der Waals surface area contributed by atoms with Crippen LogP contribution in [0.5, 0.6) is 0 Å². The standard InChI is InChI=1S/C26H25FN6O2/c1-28-25(34)22-15-31-33-23(8-10-30-24(22)33)19-5-3-11-32(16-19)26(35)18-7-9-29-21(14-18)13-17-4-2-6-20(27)12-17/h2,4,6-10,12,14-15,19H,3,5,11,13,16H2,1H3,(H,28,34)/t19-/m0/s1. The molecule has 35 heavy (non-hydrogen) atoms. The Morgan fingerprint density at radius 2 is 2.00 bits per heavy atom. The molecule has 1 fully saturated rings. The number of fused-ring (bicyclic) bond motifs is 1. The first-order valence-electron chi connectivity index (χ1n) is 11.6. The number of halogens is 1. The molecule has 8 nitrogen and oxygen atoms in total. The number of amides is 2. The maximum absolute atomic E-state index is 13.5. The summed E-state index contributed by atoms with van der Waals surface area (Å²) in [5.74, 6) is -0.533. The minimum Gasteiger partial charge on any atom is -0.355 e. The van der Waals surface area contributed by atoms with Gasteiger partial charge in [0.15, 0.2) is 5.65 Å². The molecule has 0 bridgehead atoms. The number of rotatable bonds is 5. The Labute approximate surface area is 201 Å². The van der Waals surface area contributed by atoms with Crippen molar-refractivity contribution in [2.45, 2.75) is 25.2 Å². The second-order valence-corrected chi connectivity index (χ2v) is 8.68. The van der Waals surface area contributed by atoms with Crippen LogP contribution >= 0.6 is 0 Å². The van der Waals surface area contributed by atoms with Crippen molar-refractivity contribution in [3.8, 4) is 0 Å². The SMILES string of the molecule is CNC(=O)c1cnn2c([C@H]3CCCN(C(=O)c4ccnc(Cc5cccc(F)c5)c4)C3)ccnc12. The maximum Gasteiger partial charge on any atom is 0.256 e. The van der Waals surface area contributed by atoms with Crippen LogP contribution in [0.15, 0.2) is 61.1 Å². The van der Waals surface area contributed by atoms with Crippen molar-refractivity contribution in [1.29, 1.82) is 0 Å².